The Morgan fingerprint density at radius 2 is 1.76 bits per heavy atom. The number of rotatable bonds is 4. The molecule has 0 atom stereocenters. The average molecular weight is 387 g/mol. The zero-order valence-corrected chi connectivity index (χ0v) is 15.5. The number of methoxy groups -OCH3 is 1. The second-order valence-corrected chi connectivity index (χ2v) is 6.30. The van der Waals surface area contributed by atoms with Gasteiger partial charge in [-0.05, 0) is 48.5 Å². The summed E-state index contributed by atoms with van der Waals surface area (Å²) in [6, 6.07) is 19.2. The highest BCUT2D eigenvalue weighted by atomic mass is 16.5. The summed E-state index contributed by atoms with van der Waals surface area (Å²) in [5.74, 6) is -1.44. The molecule has 7 heteroatoms. The van der Waals surface area contributed by atoms with Crippen LogP contribution in [0.3, 0.4) is 0 Å². The maximum atomic E-state index is 12.6. The predicted molar refractivity (Wildman–Crippen MR) is 108 cm³/mol. The number of anilines is 1. The van der Waals surface area contributed by atoms with Crippen LogP contribution in [0.1, 0.15) is 20.7 Å². The molecule has 1 heterocycles. The van der Waals surface area contributed by atoms with Crippen molar-refractivity contribution in [2.45, 2.75) is 0 Å². The van der Waals surface area contributed by atoms with Gasteiger partial charge in [0.15, 0.2) is 5.75 Å². The van der Waals surface area contributed by atoms with Crippen molar-refractivity contribution in [3.63, 3.8) is 0 Å². The van der Waals surface area contributed by atoms with Crippen molar-refractivity contribution in [2.75, 3.05) is 12.4 Å². The molecule has 0 bridgehead atoms. The second kappa shape index (κ2) is 7.47. The van der Waals surface area contributed by atoms with Crippen molar-refractivity contribution in [3.8, 4) is 11.4 Å². The van der Waals surface area contributed by atoms with Crippen LogP contribution in [0.5, 0.6) is 5.75 Å². The van der Waals surface area contributed by atoms with Crippen LogP contribution in [0.25, 0.3) is 16.7 Å². The predicted octanol–water partition coefficient (Wildman–Crippen LogP) is 3.77. The van der Waals surface area contributed by atoms with E-state index >= 15 is 0 Å². The molecule has 1 aromatic heterocycles. The van der Waals surface area contributed by atoms with Crippen LogP contribution in [0.15, 0.2) is 73.1 Å². The second-order valence-electron chi connectivity index (χ2n) is 6.30. The Morgan fingerprint density at radius 1 is 1.00 bits per heavy atom. The van der Waals surface area contributed by atoms with Gasteiger partial charge in [0.05, 0.1) is 23.8 Å². The number of nitrogens with zero attached hydrogens (tertiary/aromatic N) is 2. The summed E-state index contributed by atoms with van der Waals surface area (Å²) in [5.41, 5.74) is 3.23. The molecule has 1 amide bonds. The van der Waals surface area contributed by atoms with Gasteiger partial charge in [-0.15, -0.1) is 0 Å². The largest absolute Gasteiger partial charge is 0.505 e. The lowest BCUT2D eigenvalue weighted by Gasteiger charge is -2.10. The van der Waals surface area contributed by atoms with Crippen LogP contribution in [-0.2, 0) is 4.74 Å². The number of imidazole rings is 1. The summed E-state index contributed by atoms with van der Waals surface area (Å²) >= 11 is 0. The number of fused-ring (bicyclic) bond motifs is 1. The van der Waals surface area contributed by atoms with Gasteiger partial charge in [0.1, 0.15) is 11.9 Å². The molecular weight excluding hydrogens is 370 g/mol. The lowest BCUT2D eigenvalue weighted by Crippen LogP contribution is -2.13. The van der Waals surface area contributed by atoms with Crippen molar-refractivity contribution in [3.05, 3.63) is 84.2 Å². The van der Waals surface area contributed by atoms with E-state index in [0.29, 0.717) is 5.56 Å². The van der Waals surface area contributed by atoms with Crippen molar-refractivity contribution < 1.29 is 19.4 Å². The summed E-state index contributed by atoms with van der Waals surface area (Å²) in [4.78, 5) is 28.6. The molecular formula is C22H17N3O4. The first-order valence-corrected chi connectivity index (χ1v) is 8.82. The third kappa shape index (κ3) is 3.41. The number of hydrogen-bond donors (Lipinski definition) is 2. The van der Waals surface area contributed by atoms with E-state index in [1.807, 2.05) is 41.0 Å². The summed E-state index contributed by atoms with van der Waals surface area (Å²) < 4.78 is 6.55. The van der Waals surface area contributed by atoms with Crippen LogP contribution in [0, 0.1) is 0 Å². The summed E-state index contributed by atoms with van der Waals surface area (Å²) in [6.45, 7) is 0. The third-order valence-electron chi connectivity index (χ3n) is 4.55. The number of aromatic hydroxyl groups is 1. The average Bonchev–Trinajstić information content (AvgIpc) is 3.19. The minimum atomic E-state index is -0.685. The Hall–Kier alpha value is -4.13. The fourth-order valence-corrected chi connectivity index (χ4v) is 3.05. The van der Waals surface area contributed by atoms with Gasteiger partial charge in [-0.2, -0.15) is 0 Å². The molecule has 0 saturated carbocycles. The molecule has 4 rings (SSSR count). The topological polar surface area (TPSA) is 93.5 Å². The maximum Gasteiger partial charge on any atom is 0.341 e. The number of esters is 1. The number of para-hydroxylation sites is 3. The number of benzene rings is 3. The quantitative estimate of drug-likeness (QED) is 0.411. The van der Waals surface area contributed by atoms with E-state index in [1.165, 1.54) is 19.2 Å². The fraction of sp³-hybridized carbons (Fsp3) is 0.0455. The van der Waals surface area contributed by atoms with E-state index in [1.54, 1.807) is 24.5 Å². The number of phenols is 1. The van der Waals surface area contributed by atoms with Crippen LogP contribution in [0.2, 0.25) is 0 Å². The van der Waals surface area contributed by atoms with Crippen molar-refractivity contribution in [2.24, 2.45) is 0 Å². The zero-order chi connectivity index (χ0) is 20.4. The number of amides is 1. The van der Waals surface area contributed by atoms with Crippen LogP contribution >= 0.6 is 0 Å². The van der Waals surface area contributed by atoms with E-state index in [-0.39, 0.29) is 17.0 Å². The van der Waals surface area contributed by atoms with Crippen molar-refractivity contribution in [1.82, 2.24) is 9.55 Å². The number of carbonyl (C=O) groups excluding carboxylic acids is 2. The Balaban J connectivity index is 1.57. The Kier molecular flexibility index (Phi) is 4.70. The number of carbonyl (C=O) groups is 2. The summed E-state index contributed by atoms with van der Waals surface area (Å²) in [6.07, 6.45) is 1.73. The zero-order valence-electron chi connectivity index (χ0n) is 15.5. The van der Waals surface area contributed by atoms with E-state index in [4.69, 9.17) is 0 Å². The number of hydrogen-bond acceptors (Lipinski definition) is 5. The van der Waals surface area contributed by atoms with Gasteiger partial charge in [0.25, 0.3) is 5.91 Å². The Labute approximate surface area is 166 Å². The highest BCUT2D eigenvalue weighted by Crippen LogP contribution is 2.28. The van der Waals surface area contributed by atoms with E-state index < -0.39 is 11.9 Å². The first-order valence-electron chi connectivity index (χ1n) is 8.82. The number of nitrogens with one attached hydrogen (secondary N) is 1. The van der Waals surface area contributed by atoms with Gasteiger partial charge >= 0.3 is 5.97 Å². The normalized spacial score (nSPS) is 10.7. The van der Waals surface area contributed by atoms with Crippen molar-refractivity contribution >= 4 is 28.6 Å². The van der Waals surface area contributed by atoms with E-state index in [2.05, 4.69) is 15.0 Å². The van der Waals surface area contributed by atoms with Gasteiger partial charge in [-0.25, -0.2) is 9.78 Å². The van der Waals surface area contributed by atoms with Gasteiger partial charge in [0.2, 0.25) is 0 Å². The highest BCUT2D eigenvalue weighted by molar-refractivity contribution is 6.06. The number of aromatic nitrogens is 2. The molecule has 29 heavy (non-hydrogen) atoms. The maximum absolute atomic E-state index is 12.6. The van der Waals surface area contributed by atoms with Crippen LogP contribution in [-0.4, -0.2) is 33.6 Å². The molecule has 144 valence electrons. The van der Waals surface area contributed by atoms with E-state index in [0.717, 1.165) is 16.7 Å². The molecule has 7 nitrogen and oxygen atoms in total. The lowest BCUT2D eigenvalue weighted by molar-refractivity contribution is 0.0597. The Bertz CT molecular complexity index is 1210. The number of ether oxygens (including phenoxy) is 1. The Morgan fingerprint density at radius 3 is 2.52 bits per heavy atom. The van der Waals surface area contributed by atoms with Crippen molar-refractivity contribution in [1.29, 1.82) is 0 Å². The van der Waals surface area contributed by atoms with Gasteiger partial charge < -0.3 is 15.2 Å². The van der Waals surface area contributed by atoms with E-state index in [9.17, 15) is 14.7 Å². The summed E-state index contributed by atoms with van der Waals surface area (Å²) in [7, 11) is 1.22. The first-order chi connectivity index (χ1) is 14.1. The lowest BCUT2D eigenvalue weighted by atomic mass is 10.1. The molecule has 0 saturated heterocycles. The standard InChI is InChI=1S/C22H17N3O4/c1-29-22(28)16-5-4-7-18(20(16)26)24-21(27)14-9-11-15(12-10-14)25-13-23-17-6-2-3-8-19(17)25/h2-13,26H,1H3,(H,24,27). The SMILES string of the molecule is COC(=O)c1cccc(NC(=O)c2ccc(-n3cnc4ccccc43)cc2)c1O. The fourth-order valence-electron chi connectivity index (χ4n) is 3.05. The smallest absolute Gasteiger partial charge is 0.341 e. The molecule has 0 aliphatic rings. The molecule has 4 aromatic rings. The third-order valence-corrected chi connectivity index (χ3v) is 4.55. The molecule has 0 fully saturated rings. The molecule has 3 aromatic carbocycles. The molecule has 0 radical (unpaired) electrons. The molecule has 0 spiro atoms. The van der Waals surface area contributed by atoms with Gasteiger partial charge in [-0.1, -0.05) is 18.2 Å². The minimum absolute atomic E-state index is 0.0207. The molecule has 0 aliphatic heterocycles. The minimum Gasteiger partial charge on any atom is -0.505 e. The molecule has 0 unspecified atom stereocenters. The van der Waals surface area contributed by atoms with Crippen LogP contribution < -0.4 is 5.32 Å². The molecule has 2 N–H and O–H groups in total. The van der Waals surface area contributed by atoms with Crippen LogP contribution in [0.4, 0.5) is 5.69 Å². The van der Waals surface area contributed by atoms with Gasteiger partial charge in [0, 0.05) is 11.3 Å². The molecule has 0 aliphatic carbocycles. The number of phenolic OH excluding ortho intramolecular Hbond substituents is 1. The monoisotopic (exact) mass is 387 g/mol. The summed E-state index contributed by atoms with van der Waals surface area (Å²) in [5, 5.41) is 12.8. The first kappa shape index (κ1) is 18.2. The van der Waals surface area contributed by atoms with Gasteiger partial charge in [-0.3, -0.25) is 9.36 Å². The highest BCUT2D eigenvalue weighted by Gasteiger charge is 2.16.